The highest BCUT2D eigenvalue weighted by atomic mass is 19.1. The van der Waals surface area contributed by atoms with Crippen LogP contribution in [-0.2, 0) is 26.3 Å². The van der Waals surface area contributed by atoms with Crippen molar-refractivity contribution in [2.75, 3.05) is 20.3 Å². The molecule has 28 heavy (non-hydrogen) atoms. The van der Waals surface area contributed by atoms with Gasteiger partial charge in [0.05, 0.1) is 31.3 Å². The van der Waals surface area contributed by atoms with Gasteiger partial charge in [-0.3, -0.25) is 4.79 Å². The number of aliphatic carboxylic acids is 1. The minimum absolute atomic E-state index is 0.0206. The van der Waals surface area contributed by atoms with E-state index >= 15 is 4.39 Å². The summed E-state index contributed by atoms with van der Waals surface area (Å²) in [4.78, 5) is 11.7. The van der Waals surface area contributed by atoms with Crippen molar-refractivity contribution in [1.82, 2.24) is 0 Å². The number of hydrogen-bond donors (Lipinski definition) is 1. The van der Waals surface area contributed by atoms with Gasteiger partial charge in [-0.25, -0.2) is 4.39 Å². The summed E-state index contributed by atoms with van der Waals surface area (Å²) < 4.78 is 37.3. The van der Waals surface area contributed by atoms with Crippen LogP contribution in [-0.4, -0.2) is 31.4 Å². The average molecular weight is 388 g/mol. The molecule has 0 amide bonds. The van der Waals surface area contributed by atoms with Gasteiger partial charge in [-0.2, -0.15) is 0 Å². The standard InChI is InChI=1S/C21H21FO6/c1-25-14-4-2-13(3-5-14)12-28-18-15(19-26-10-11-27-19)6-7-16(17(18)22)21(8-9-21)20(23)24/h2-7,19H,8-12H2,1H3,(H,23,24). The van der Waals surface area contributed by atoms with Crippen molar-refractivity contribution in [3.05, 3.63) is 58.9 Å². The summed E-state index contributed by atoms with van der Waals surface area (Å²) in [7, 11) is 1.58. The highest BCUT2D eigenvalue weighted by Gasteiger charge is 2.54. The number of carboxylic acid groups (broad SMARTS) is 1. The van der Waals surface area contributed by atoms with E-state index in [0.717, 1.165) is 5.56 Å². The number of benzene rings is 2. The number of rotatable bonds is 7. The molecule has 2 fully saturated rings. The Morgan fingerprint density at radius 2 is 1.86 bits per heavy atom. The van der Waals surface area contributed by atoms with Gasteiger partial charge in [0.25, 0.3) is 0 Å². The Hall–Kier alpha value is -2.64. The molecule has 0 unspecified atom stereocenters. The zero-order valence-electron chi connectivity index (χ0n) is 15.4. The molecule has 1 aliphatic carbocycles. The van der Waals surface area contributed by atoms with E-state index in [0.29, 0.717) is 37.4 Å². The molecule has 7 heteroatoms. The topological polar surface area (TPSA) is 74.2 Å². The molecule has 148 valence electrons. The highest BCUT2D eigenvalue weighted by Crippen LogP contribution is 2.51. The van der Waals surface area contributed by atoms with Crippen LogP contribution in [0.2, 0.25) is 0 Å². The van der Waals surface area contributed by atoms with Gasteiger partial charge in [0.1, 0.15) is 12.4 Å². The normalized spacial score (nSPS) is 18.1. The number of methoxy groups -OCH3 is 1. The summed E-state index contributed by atoms with van der Waals surface area (Å²) in [6.07, 6.45) is 0.0919. The van der Waals surface area contributed by atoms with Crippen molar-refractivity contribution in [3.8, 4) is 11.5 Å². The largest absolute Gasteiger partial charge is 0.497 e. The lowest BCUT2D eigenvalue weighted by molar-refractivity contribution is -0.140. The molecule has 1 saturated carbocycles. The van der Waals surface area contributed by atoms with Crippen LogP contribution >= 0.6 is 0 Å². The predicted octanol–water partition coefficient (Wildman–Crippen LogP) is 3.57. The van der Waals surface area contributed by atoms with Crippen LogP contribution in [0.1, 0.15) is 35.8 Å². The van der Waals surface area contributed by atoms with Crippen molar-refractivity contribution in [1.29, 1.82) is 0 Å². The second kappa shape index (κ2) is 7.41. The van der Waals surface area contributed by atoms with Crippen molar-refractivity contribution < 1.29 is 33.2 Å². The van der Waals surface area contributed by atoms with E-state index in [9.17, 15) is 9.90 Å². The summed E-state index contributed by atoms with van der Waals surface area (Å²) in [5.41, 5.74) is 0.224. The summed E-state index contributed by atoms with van der Waals surface area (Å²) >= 11 is 0. The smallest absolute Gasteiger partial charge is 0.314 e. The number of ether oxygens (including phenoxy) is 4. The molecule has 0 radical (unpaired) electrons. The van der Waals surface area contributed by atoms with Crippen LogP contribution in [0.5, 0.6) is 11.5 Å². The Kier molecular flexibility index (Phi) is 4.95. The number of carbonyl (C=O) groups is 1. The Balaban J connectivity index is 1.66. The maximum Gasteiger partial charge on any atom is 0.314 e. The van der Waals surface area contributed by atoms with Crippen LogP contribution in [0.25, 0.3) is 0 Å². The Morgan fingerprint density at radius 3 is 2.43 bits per heavy atom. The second-order valence-electron chi connectivity index (χ2n) is 6.94. The molecule has 2 aromatic carbocycles. The Bertz CT molecular complexity index is 869. The number of hydrogen-bond acceptors (Lipinski definition) is 5. The highest BCUT2D eigenvalue weighted by molar-refractivity contribution is 5.85. The lowest BCUT2D eigenvalue weighted by Gasteiger charge is -2.20. The second-order valence-corrected chi connectivity index (χ2v) is 6.94. The van der Waals surface area contributed by atoms with Gasteiger partial charge in [0.2, 0.25) is 0 Å². The zero-order chi connectivity index (χ0) is 19.7. The molecule has 0 aromatic heterocycles. The molecule has 4 rings (SSSR count). The van der Waals surface area contributed by atoms with Crippen molar-refractivity contribution >= 4 is 5.97 Å². The minimum atomic E-state index is -1.17. The SMILES string of the molecule is COc1ccc(COc2c(C3OCCO3)ccc(C3(C(=O)O)CC3)c2F)cc1. The monoisotopic (exact) mass is 388 g/mol. The van der Waals surface area contributed by atoms with Crippen LogP contribution in [0.15, 0.2) is 36.4 Å². The van der Waals surface area contributed by atoms with Crippen LogP contribution in [0.3, 0.4) is 0 Å². The molecule has 0 spiro atoms. The quantitative estimate of drug-likeness (QED) is 0.782. The lowest BCUT2D eigenvalue weighted by atomic mass is 9.93. The van der Waals surface area contributed by atoms with Crippen molar-refractivity contribution in [3.63, 3.8) is 0 Å². The van der Waals surface area contributed by atoms with Gasteiger partial charge in [0, 0.05) is 5.56 Å². The molecule has 2 aliphatic rings. The van der Waals surface area contributed by atoms with E-state index in [-0.39, 0.29) is 17.9 Å². The van der Waals surface area contributed by atoms with E-state index in [1.165, 1.54) is 6.07 Å². The average Bonchev–Trinajstić information content (AvgIpc) is 3.34. The van der Waals surface area contributed by atoms with Gasteiger partial charge < -0.3 is 24.1 Å². The van der Waals surface area contributed by atoms with Gasteiger partial charge in [-0.05, 0) is 36.6 Å². The van der Waals surface area contributed by atoms with Crippen molar-refractivity contribution in [2.45, 2.75) is 31.2 Å². The van der Waals surface area contributed by atoms with Gasteiger partial charge in [-0.1, -0.05) is 18.2 Å². The third-order valence-electron chi connectivity index (χ3n) is 5.22. The van der Waals surface area contributed by atoms with E-state index < -0.39 is 23.5 Å². The molecule has 1 heterocycles. The van der Waals surface area contributed by atoms with E-state index in [1.807, 2.05) is 12.1 Å². The first-order valence-electron chi connectivity index (χ1n) is 9.10. The lowest BCUT2D eigenvalue weighted by Crippen LogP contribution is -2.22. The maximum atomic E-state index is 15.4. The predicted molar refractivity (Wildman–Crippen MR) is 96.9 cm³/mol. The third-order valence-corrected chi connectivity index (χ3v) is 5.22. The molecule has 1 N–H and O–H groups in total. The first kappa shape index (κ1) is 18.7. The van der Waals surface area contributed by atoms with E-state index in [2.05, 4.69) is 0 Å². The number of carboxylic acids is 1. The Labute approximate surface area is 161 Å². The fraction of sp³-hybridized carbons (Fsp3) is 0.381. The fourth-order valence-corrected chi connectivity index (χ4v) is 3.41. The van der Waals surface area contributed by atoms with Crippen LogP contribution in [0.4, 0.5) is 4.39 Å². The van der Waals surface area contributed by atoms with Gasteiger partial charge >= 0.3 is 5.97 Å². The zero-order valence-corrected chi connectivity index (χ0v) is 15.4. The molecule has 6 nitrogen and oxygen atoms in total. The van der Waals surface area contributed by atoms with Crippen LogP contribution in [0, 0.1) is 5.82 Å². The molecule has 0 bridgehead atoms. The summed E-state index contributed by atoms with van der Waals surface area (Å²) in [5, 5.41) is 9.54. The molecular weight excluding hydrogens is 367 g/mol. The molecule has 2 aromatic rings. The van der Waals surface area contributed by atoms with E-state index in [4.69, 9.17) is 18.9 Å². The first-order chi connectivity index (χ1) is 13.5. The summed E-state index contributed by atoms with van der Waals surface area (Å²) in [6, 6.07) is 10.4. The molecule has 0 atom stereocenters. The Morgan fingerprint density at radius 1 is 1.18 bits per heavy atom. The molecule has 1 saturated heterocycles. The summed E-state index contributed by atoms with van der Waals surface area (Å²) in [5.74, 6) is -0.992. The van der Waals surface area contributed by atoms with Gasteiger partial charge in [0.15, 0.2) is 17.9 Å². The third kappa shape index (κ3) is 3.31. The van der Waals surface area contributed by atoms with Crippen molar-refractivity contribution in [2.24, 2.45) is 0 Å². The molecular formula is C21H21FO6. The fourth-order valence-electron chi connectivity index (χ4n) is 3.41. The van der Waals surface area contributed by atoms with Crippen LogP contribution < -0.4 is 9.47 Å². The van der Waals surface area contributed by atoms with Gasteiger partial charge in [-0.15, -0.1) is 0 Å². The number of halogens is 1. The maximum absolute atomic E-state index is 15.4. The van der Waals surface area contributed by atoms with E-state index in [1.54, 1.807) is 25.3 Å². The minimum Gasteiger partial charge on any atom is -0.497 e. The first-order valence-corrected chi connectivity index (χ1v) is 9.10. The summed E-state index contributed by atoms with van der Waals surface area (Å²) in [6.45, 7) is 0.931. The molecule has 1 aliphatic heterocycles.